The molecule has 1 aromatic heterocycles. The summed E-state index contributed by atoms with van der Waals surface area (Å²) in [5.74, 6) is -0.0367. The fourth-order valence-corrected chi connectivity index (χ4v) is 2.36. The Morgan fingerprint density at radius 2 is 2.19 bits per heavy atom. The summed E-state index contributed by atoms with van der Waals surface area (Å²) in [6, 6.07) is 8.30. The molecule has 2 aromatic rings. The molecule has 1 heterocycles. The number of fused-ring (bicyclic) bond motifs is 1. The van der Waals surface area contributed by atoms with Crippen LogP contribution < -0.4 is 5.32 Å². The second-order valence-electron chi connectivity index (χ2n) is 3.62. The van der Waals surface area contributed by atoms with Crippen molar-refractivity contribution in [1.82, 2.24) is 5.32 Å². The predicted molar refractivity (Wildman–Crippen MR) is 69.5 cm³/mol. The van der Waals surface area contributed by atoms with Gasteiger partial charge in [0.15, 0.2) is 0 Å². The van der Waals surface area contributed by atoms with Crippen molar-refractivity contribution in [3.63, 3.8) is 0 Å². The number of likely N-dealkylation sites (N-methyl/N-ethyl adjacent to an activating group) is 1. The van der Waals surface area contributed by atoms with Gasteiger partial charge in [-0.25, -0.2) is 0 Å². The molecule has 0 spiro atoms. The topological polar surface area (TPSA) is 29.1 Å². The fourth-order valence-electron chi connectivity index (χ4n) is 1.59. The van der Waals surface area contributed by atoms with E-state index in [4.69, 9.17) is 0 Å². The molecule has 0 aliphatic heterocycles. The average molecular weight is 231 g/mol. The number of benzene rings is 1. The van der Waals surface area contributed by atoms with E-state index >= 15 is 0 Å². The molecular weight excluding hydrogens is 218 g/mol. The van der Waals surface area contributed by atoms with Crippen LogP contribution in [0.3, 0.4) is 0 Å². The van der Waals surface area contributed by atoms with Gasteiger partial charge in [0, 0.05) is 17.3 Å². The number of hydrogen-bond donors (Lipinski definition) is 1. The van der Waals surface area contributed by atoms with E-state index < -0.39 is 0 Å². The summed E-state index contributed by atoms with van der Waals surface area (Å²) in [4.78, 5) is 11.4. The lowest BCUT2D eigenvalue weighted by Crippen LogP contribution is -2.18. The monoisotopic (exact) mass is 231 g/mol. The van der Waals surface area contributed by atoms with Crippen molar-refractivity contribution in [1.29, 1.82) is 0 Å². The summed E-state index contributed by atoms with van der Waals surface area (Å²) in [6.45, 7) is 1.82. The molecule has 2 rings (SSSR count). The lowest BCUT2D eigenvalue weighted by Gasteiger charge is -2.00. The highest BCUT2D eigenvalue weighted by Crippen LogP contribution is 2.22. The molecule has 2 nitrogen and oxygen atoms in total. The molecule has 0 fully saturated rings. The van der Waals surface area contributed by atoms with E-state index in [0.29, 0.717) is 0 Å². The highest BCUT2D eigenvalue weighted by atomic mass is 32.1. The molecule has 1 amide bonds. The Hall–Kier alpha value is -1.61. The number of thiophene rings is 1. The van der Waals surface area contributed by atoms with Gasteiger partial charge in [0.25, 0.3) is 0 Å². The summed E-state index contributed by atoms with van der Waals surface area (Å²) in [5, 5.41) is 5.91. The number of hydrogen-bond acceptors (Lipinski definition) is 2. The quantitative estimate of drug-likeness (QED) is 0.791. The maximum atomic E-state index is 11.4. The smallest absolute Gasteiger partial charge is 0.246 e. The van der Waals surface area contributed by atoms with Crippen LogP contribution in [0.25, 0.3) is 16.2 Å². The van der Waals surface area contributed by atoms with Crippen LogP contribution in [0.1, 0.15) is 12.5 Å². The Morgan fingerprint density at radius 1 is 1.38 bits per heavy atom. The predicted octanol–water partition coefficient (Wildman–Crippen LogP) is 3.05. The molecule has 0 aliphatic carbocycles. The van der Waals surface area contributed by atoms with E-state index in [9.17, 15) is 4.79 Å². The first kappa shape index (κ1) is 10.9. The molecule has 1 N–H and O–H groups in total. The molecular formula is C13H13NOS. The molecule has 0 atom stereocenters. The van der Waals surface area contributed by atoms with Crippen LogP contribution in [-0.2, 0) is 4.79 Å². The molecule has 3 heteroatoms. The largest absolute Gasteiger partial charge is 0.355 e. The Kier molecular flexibility index (Phi) is 3.06. The van der Waals surface area contributed by atoms with Gasteiger partial charge in [0.1, 0.15) is 0 Å². The van der Waals surface area contributed by atoms with Gasteiger partial charge in [-0.1, -0.05) is 6.07 Å². The summed E-state index contributed by atoms with van der Waals surface area (Å²) >= 11 is 1.73. The Labute approximate surface area is 98.6 Å². The second-order valence-corrected chi connectivity index (χ2v) is 4.57. The number of carbonyl (C=O) groups excluding carboxylic acids is 1. The highest BCUT2D eigenvalue weighted by molar-refractivity contribution is 7.17. The van der Waals surface area contributed by atoms with Crippen LogP contribution in [0.2, 0.25) is 0 Å². The third kappa shape index (κ3) is 2.14. The van der Waals surface area contributed by atoms with Crippen LogP contribution in [0.5, 0.6) is 0 Å². The van der Waals surface area contributed by atoms with Crippen LogP contribution in [0.15, 0.2) is 35.2 Å². The number of carbonyl (C=O) groups is 1. The summed E-state index contributed by atoms with van der Waals surface area (Å²) < 4.78 is 1.27. The van der Waals surface area contributed by atoms with E-state index in [-0.39, 0.29) is 5.91 Å². The zero-order valence-corrected chi connectivity index (χ0v) is 10.1. The normalized spacial score (nSPS) is 11.8. The third-order valence-electron chi connectivity index (χ3n) is 2.44. The van der Waals surface area contributed by atoms with Crippen LogP contribution >= 0.6 is 11.3 Å². The first-order valence-electron chi connectivity index (χ1n) is 5.08. The maximum Gasteiger partial charge on any atom is 0.246 e. The van der Waals surface area contributed by atoms with Crippen molar-refractivity contribution in [3.8, 4) is 0 Å². The van der Waals surface area contributed by atoms with Crippen LogP contribution in [0.4, 0.5) is 0 Å². The molecule has 16 heavy (non-hydrogen) atoms. The van der Waals surface area contributed by atoms with E-state index in [1.807, 2.05) is 19.1 Å². The lowest BCUT2D eigenvalue weighted by atomic mass is 10.1. The molecule has 82 valence electrons. The Bertz CT molecular complexity index is 554. The van der Waals surface area contributed by atoms with Crippen molar-refractivity contribution in [2.24, 2.45) is 0 Å². The van der Waals surface area contributed by atoms with E-state index in [0.717, 1.165) is 11.1 Å². The molecule has 0 aliphatic rings. The van der Waals surface area contributed by atoms with Gasteiger partial charge in [-0.3, -0.25) is 4.79 Å². The van der Waals surface area contributed by atoms with Crippen molar-refractivity contribution >= 4 is 33.4 Å². The molecule has 0 saturated heterocycles. The zero-order valence-electron chi connectivity index (χ0n) is 9.28. The third-order valence-corrected chi connectivity index (χ3v) is 3.34. The summed E-state index contributed by atoms with van der Waals surface area (Å²) in [5.41, 5.74) is 1.78. The first-order chi connectivity index (χ1) is 7.70. The minimum Gasteiger partial charge on any atom is -0.355 e. The Balaban J connectivity index is 2.36. The van der Waals surface area contributed by atoms with Gasteiger partial charge in [0.2, 0.25) is 5.91 Å². The van der Waals surface area contributed by atoms with Gasteiger partial charge in [-0.2, -0.15) is 0 Å². The van der Waals surface area contributed by atoms with Crippen LogP contribution in [-0.4, -0.2) is 13.0 Å². The van der Waals surface area contributed by atoms with Crippen molar-refractivity contribution < 1.29 is 4.79 Å². The van der Waals surface area contributed by atoms with Gasteiger partial charge in [0.05, 0.1) is 0 Å². The second kappa shape index (κ2) is 4.49. The van der Waals surface area contributed by atoms with Crippen molar-refractivity contribution in [3.05, 3.63) is 40.8 Å². The SMILES string of the molecule is CNC(=O)/C(C)=C/c1ccc2sccc2c1. The van der Waals surface area contributed by atoms with Gasteiger partial charge >= 0.3 is 0 Å². The first-order valence-corrected chi connectivity index (χ1v) is 5.96. The van der Waals surface area contributed by atoms with Gasteiger partial charge in [-0.15, -0.1) is 11.3 Å². The lowest BCUT2D eigenvalue weighted by molar-refractivity contribution is -0.116. The van der Waals surface area contributed by atoms with Gasteiger partial charge in [-0.05, 0) is 47.5 Å². The summed E-state index contributed by atoms with van der Waals surface area (Å²) in [6.07, 6.45) is 1.90. The molecule has 0 unspecified atom stereocenters. The Morgan fingerprint density at radius 3 is 2.94 bits per heavy atom. The standard InChI is InChI=1S/C13H13NOS/c1-9(13(15)14-2)7-10-3-4-12-11(8-10)5-6-16-12/h3-8H,1-2H3,(H,14,15)/b9-7+. The molecule has 0 saturated carbocycles. The zero-order chi connectivity index (χ0) is 11.5. The number of amides is 1. The number of nitrogens with one attached hydrogen (secondary N) is 1. The highest BCUT2D eigenvalue weighted by Gasteiger charge is 2.01. The van der Waals surface area contributed by atoms with Gasteiger partial charge < -0.3 is 5.32 Å². The van der Waals surface area contributed by atoms with E-state index in [1.165, 1.54) is 10.1 Å². The maximum absolute atomic E-state index is 11.4. The van der Waals surface area contributed by atoms with E-state index in [1.54, 1.807) is 18.4 Å². The molecule has 0 bridgehead atoms. The summed E-state index contributed by atoms with van der Waals surface area (Å²) in [7, 11) is 1.64. The molecule has 0 radical (unpaired) electrons. The minimum atomic E-state index is -0.0367. The van der Waals surface area contributed by atoms with Crippen molar-refractivity contribution in [2.75, 3.05) is 7.05 Å². The van der Waals surface area contributed by atoms with E-state index in [2.05, 4.69) is 28.9 Å². The number of rotatable bonds is 2. The minimum absolute atomic E-state index is 0.0367. The fraction of sp³-hybridized carbons (Fsp3) is 0.154. The van der Waals surface area contributed by atoms with Crippen LogP contribution in [0, 0.1) is 0 Å². The van der Waals surface area contributed by atoms with Crippen molar-refractivity contribution in [2.45, 2.75) is 6.92 Å². The average Bonchev–Trinajstić information content (AvgIpc) is 2.75. The molecule has 1 aromatic carbocycles.